The first-order valence-corrected chi connectivity index (χ1v) is 7.89. The Morgan fingerprint density at radius 1 is 1.09 bits per heavy atom. The molecule has 6 heteroatoms. The van der Waals surface area contributed by atoms with Gasteiger partial charge < -0.3 is 0 Å². The zero-order chi connectivity index (χ0) is 16.6. The van der Waals surface area contributed by atoms with Crippen LogP contribution in [-0.2, 0) is 9.59 Å². The van der Waals surface area contributed by atoms with Gasteiger partial charge in [0.15, 0.2) is 0 Å². The van der Waals surface area contributed by atoms with Gasteiger partial charge in [-0.15, -0.1) is 11.8 Å². The third kappa shape index (κ3) is 3.12. The van der Waals surface area contributed by atoms with E-state index in [0.29, 0.717) is 6.07 Å². The predicted molar refractivity (Wildman–Crippen MR) is 84.3 cm³/mol. The molecule has 1 saturated heterocycles. The van der Waals surface area contributed by atoms with Crippen molar-refractivity contribution < 1.29 is 18.4 Å². The van der Waals surface area contributed by atoms with E-state index in [1.54, 1.807) is 0 Å². The van der Waals surface area contributed by atoms with Crippen LogP contribution in [-0.4, -0.2) is 17.1 Å². The number of thioether (sulfide) groups is 1. The van der Waals surface area contributed by atoms with Crippen molar-refractivity contribution in [2.75, 3.05) is 4.90 Å². The van der Waals surface area contributed by atoms with Gasteiger partial charge in [0.05, 0.1) is 10.9 Å². The molecule has 3 rings (SSSR count). The van der Waals surface area contributed by atoms with E-state index >= 15 is 0 Å². The van der Waals surface area contributed by atoms with Crippen molar-refractivity contribution >= 4 is 29.3 Å². The van der Waals surface area contributed by atoms with Crippen molar-refractivity contribution in [3.8, 4) is 0 Å². The minimum atomic E-state index is -0.923. The monoisotopic (exact) mass is 333 g/mol. The minimum Gasteiger partial charge on any atom is -0.274 e. The molecule has 0 radical (unpaired) electrons. The number of nitrogens with zero attached hydrogens (tertiary/aromatic N) is 1. The SMILES string of the molecule is Cc1ccc(S[C@H]2CC(=O)N(c3ccc(F)cc3F)C2=O)cc1. The van der Waals surface area contributed by atoms with Crippen molar-refractivity contribution in [2.45, 2.75) is 23.5 Å². The third-order valence-corrected chi connectivity index (χ3v) is 4.75. The molecular weight excluding hydrogens is 320 g/mol. The van der Waals surface area contributed by atoms with Crippen LogP contribution in [0.5, 0.6) is 0 Å². The van der Waals surface area contributed by atoms with E-state index in [-0.39, 0.29) is 12.1 Å². The Bertz CT molecular complexity index is 777. The van der Waals surface area contributed by atoms with Crippen molar-refractivity contribution in [1.29, 1.82) is 0 Å². The second-order valence-electron chi connectivity index (χ2n) is 5.29. The lowest BCUT2D eigenvalue weighted by Gasteiger charge is -2.15. The summed E-state index contributed by atoms with van der Waals surface area (Å²) in [4.78, 5) is 26.2. The molecule has 2 aromatic carbocycles. The fourth-order valence-electron chi connectivity index (χ4n) is 2.39. The molecule has 1 atom stereocenters. The number of hydrogen-bond donors (Lipinski definition) is 0. The van der Waals surface area contributed by atoms with E-state index < -0.39 is 28.7 Å². The summed E-state index contributed by atoms with van der Waals surface area (Å²) < 4.78 is 26.8. The molecular formula is C17H13F2NO2S. The van der Waals surface area contributed by atoms with E-state index in [4.69, 9.17) is 0 Å². The van der Waals surface area contributed by atoms with Gasteiger partial charge in [-0.3, -0.25) is 9.59 Å². The van der Waals surface area contributed by atoms with Crippen LogP contribution in [0.3, 0.4) is 0 Å². The maximum Gasteiger partial charge on any atom is 0.247 e. The summed E-state index contributed by atoms with van der Waals surface area (Å²) in [5.41, 5.74) is 0.895. The van der Waals surface area contributed by atoms with Gasteiger partial charge in [0.2, 0.25) is 11.8 Å². The molecule has 1 aliphatic rings. The van der Waals surface area contributed by atoms with E-state index in [2.05, 4.69) is 0 Å². The summed E-state index contributed by atoms with van der Waals surface area (Å²) in [6.07, 6.45) is -0.00576. The summed E-state index contributed by atoms with van der Waals surface area (Å²) >= 11 is 1.27. The maximum atomic E-state index is 13.9. The van der Waals surface area contributed by atoms with Gasteiger partial charge in [0.1, 0.15) is 11.6 Å². The number of halogens is 2. The summed E-state index contributed by atoms with van der Waals surface area (Å²) in [5, 5.41) is -0.602. The first-order valence-electron chi connectivity index (χ1n) is 7.01. The maximum absolute atomic E-state index is 13.9. The Balaban J connectivity index is 1.83. The molecule has 1 fully saturated rings. The van der Waals surface area contributed by atoms with Gasteiger partial charge in [-0.2, -0.15) is 0 Å². The summed E-state index contributed by atoms with van der Waals surface area (Å²) in [6.45, 7) is 1.96. The molecule has 3 nitrogen and oxygen atoms in total. The summed E-state index contributed by atoms with van der Waals surface area (Å²) in [7, 11) is 0. The van der Waals surface area contributed by atoms with Gasteiger partial charge in [-0.05, 0) is 31.2 Å². The summed E-state index contributed by atoms with van der Waals surface area (Å²) in [5.74, 6) is -2.64. The Morgan fingerprint density at radius 2 is 1.78 bits per heavy atom. The number of amides is 2. The second kappa shape index (κ2) is 6.12. The number of imide groups is 1. The lowest BCUT2D eigenvalue weighted by molar-refractivity contribution is -0.121. The van der Waals surface area contributed by atoms with Gasteiger partial charge in [0, 0.05) is 17.4 Å². The Labute approximate surface area is 136 Å². The van der Waals surface area contributed by atoms with Gasteiger partial charge in [-0.25, -0.2) is 13.7 Å². The van der Waals surface area contributed by atoms with Crippen molar-refractivity contribution in [1.82, 2.24) is 0 Å². The molecule has 0 N–H and O–H groups in total. The molecule has 0 aliphatic carbocycles. The third-order valence-electron chi connectivity index (χ3n) is 3.56. The number of hydrogen-bond acceptors (Lipinski definition) is 3. The van der Waals surface area contributed by atoms with Crippen molar-refractivity contribution in [3.63, 3.8) is 0 Å². The number of carbonyl (C=O) groups excluding carboxylic acids is 2. The highest BCUT2D eigenvalue weighted by Gasteiger charge is 2.41. The van der Waals surface area contributed by atoms with Gasteiger partial charge >= 0.3 is 0 Å². The molecule has 0 spiro atoms. The van der Waals surface area contributed by atoms with Gasteiger partial charge in [0.25, 0.3) is 0 Å². The molecule has 2 aromatic rings. The van der Waals surface area contributed by atoms with Crippen LogP contribution < -0.4 is 4.90 Å². The first-order chi connectivity index (χ1) is 11.0. The molecule has 0 unspecified atom stereocenters. The smallest absolute Gasteiger partial charge is 0.247 e. The van der Waals surface area contributed by atoms with Gasteiger partial charge in [-0.1, -0.05) is 17.7 Å². The van der Waals surface area contributed by atoms with Crippen LogP contribution in [0.2, 0.25) is 0 Å². The Kier molecular flexibility index (Phi) is 4.17. The average Bonchev–Trinajstić information content (AvgIpc) is 2.77. The van der Waals surface area contributed by atoms with Crippen LogP contribution in [0.25, 0.3) is 0 Å². The molecule has 0 saturated carbocycles. The fraction of sp³-hybridized carbons (Fsp3) is 0.176. The number of aryl methyl sites for hydroxylation is 1. The Morgan fingerprint density at radius 3 is 2.43 bits per heavy atom. The lowest BCUT2D eigenvalue weighted by atomic mass is 10.2. The van der Waals surface area contributed by atoms with Crippen LogP contribution >= 0.6 is 11.8 Å². The molecule has 23 heavy (non-hydrogen) atoms. The zero-order valence-corrected chi connectivity index (χ0v) is 13.1. The molecule has 1 aliphatic heterocycles. The number of carbonyl (C=O) groups is 2. The highest BCUT2D eigenvalue weighted by molar-refractivity contribution is 8.00. The quantitative estimate of drug-likeness (QED) is 0.804. The number of rotatable bonds is 3. The first kappa shape index (κ1) is 15.7. The highest BCUT2D eigenvalue weighted by Crippen LogP contribution is 2.35. The van der Waals surface area contributed by atoms with E-state index in [1.165, 1.54) is 11.8 Å². The van der Waals surface area contributed by atoms with Crippen LogP contribution in [0.4, 0.5) is 14.5 Å². The number of anilines is 1. The largest absolute Gasteiger partial charge is 0.274 e. The summed E-state index contributed by atoms with van der Waals surface area (Å²) in [6, 6.07) is 10.4. The molecule has 118 valence electrons. The van der Waals surface area contributed by atoms with E-state index in [0.717, 1.165) is 27.5 Å². The molecule has 1 heterocycles. The van der Waals surface area contributed by atoms with Crippen molar-refractivity contribution in [3.05, 3.63) is 59.7 Å². The molecule has 2 amide bonds. The minimum absolute atomic E-state index is 0.00576. The molecule has 0 aromatic heterocycles. The van der Waals surface area contributed by atoms with E-state index in [9.17, 15) is 18.4 Å². The van der Waals surface area contributed by atoms with Crippen molar-refractivity contribution in [2.24, 2.45) is 0 Å². The predicted octanol–water partition coefficient (Wildman–Crippen LogP) is 3.70. The highest BCUT2D eigenvalue weighted by atomic mass is 32.2. The lowest BCUT2D eigenvalue weighted by Crippen LogP contribution is -2.31. The average molecular weight is 333 g/mol. The number of benzene rings is 2. The van der Waals surface area contributed by atoms with E-state index in [1.807, 2.05) is 31.2 Å². The second-order valence-corrected chi connectivity index (χ2v) is 6.56. The zero-order valence-electron chi connectivity index (χ0n) is 12.3. The Hall–Kier alpha value is -2.21. The van der Waals surface area contributed by atoms with Crippen LogP contribution in [0.15, 0.2) is 47.4 Å². The van der Waals surface area contributed by atoms with Crippen LogP contribution in [0, 0.1) is 18.6 Å². The topological polar surface area (TPSA) is 37.4 Å². The van der Waals surface area contributed by atoms with Crippen LogP contribution in [0.1, 0.15) is 12.0 Å². The molecule has 0 bridgehead atoms. The standard InChI is InChI=1S/C17H13F2NO2S/c1-10-2-5-12(6-3-10)23-15-9-16(21)20(17(15)22)14-7-4-11(18)8-13(14)19/h2-8,15H,9H2,1H3/t15-/m0/s1. The normalized spacial score (nSPS) is 17.9. The fourth-order valence-corrected chi connectivity index (χ4v) is 3.45.